The van der Waals surface area contributed by atoms with Crippen molar-refractivity contribution < 1.29 is 19.1 Å². The minimum Gasteiger partial charge on any atom is -0.494 e. The number of hydrogen-bond donors (Lipinski definition) is 1. The van der Waals surface area contributed by atoms with E-state index in [0.29, 0.717) is 37.5 Å². The van der Waals surface area contributed by atoms with Crippen molar-refractivity contribution in [2.75, 3.05) is 18.5 Å². The third-order valence-corrected chi connectivity index (χ3v) is 4.49. The lowest BCUT2D eigenvalue weighted by Crippen LogP contribution is -2.40. The van der Waals surface area contributed by atoms with E-state index in [-0.39, 0.29) is 12.0 Å². The molecule has 1 N–H and O–H groups in total. The molecular formula is C21H28N4O4. The number of carbonyl (C=O) groups is 2. The molecule has 2 amide bonds. The molecule has 2 heterocycles. The van der Waals surface area contributed by atoms with Gasteiger partial charge in [-0.2, -0.15) is 5.10 Å². The third kappa shape index (κ3) is 4.88. The van der Waals surface area contributed by atoms with Crippen molar-refractivity contribution in [2.24, 2.45) is 7.05 Å². The van der Waals surface area contributed by atoms with Gasteiger partial charge in [0.05, 0.1) is 18.8 Å². The number of fused-ring (bicyclic) bond motifs is 1. The highest BCUT2D eigenvalue weighted by molar-refractivity contribution is 6.04. The summed E-state index contributed by atoms with van der Waals surface area (Å²) in [5.74, 6) is 0.480. The number of amides is 2. The van der Waals surface area contributed by atoms with Gasteiger partial charge in [0.15, 0.2) is 0 Å². The molecule has 8 nitrogen and oxygen atoms in total. The van der Waals surface area contributed by atoms with Gasteiger partial charge in [0.25, 0.3) is 5.91 Å². The summed E-state index contributed by atoms with van der Waals surface area (Å²) >= 11 is 0. The molecule has 3 rings (SSSR count). The smallest absolute Gasteiger partial charge is 0.410 e. The fourth-order valence-electron chi connectivity index (χ4n) is 3.26. The maximum absolute atomic E-state index is 12.9. The molecule has 156 valence electrons. The first-order valence-electron chi connectivity index (χ1n) is 9.75. The zero-order valence-electron chi connectivity index (χ0n) is 17.6. The Balaban J connectivity index is 1.77. The molecule has 0 saturated heterocycles. The quantitative estimate of drug-likeness (QED) is 0.850. The predicted octanol–water partition coefficient (Wildman–Crippen LogP) is 3.36. The summed E-state index contributed by atoms with van der Waals surface area (Å²) < 4.78 is 12.5. The molecule has 8 heteroatoms. The van der Waals surface area contributed by atoms with E-state index < -0.39 is 5.60 Å². The molecule has 1 aliphatic heterocycles. The van der Waals surface area contributed by atoms with Gasteiger partial charge in [-0.15, -0.1) is 0 Å². The number of ether oxygens (including phenoxy) is 2. The second-order valence-corrected chi connectivity index (χ2v) is 7.96. The Hall–Kier alpha value is -3.03. The fraction of sp³-hybridized carbons (Fsp3) is 0.476. The minimum atomic E-state index is -0.569. The Kier molecular flexibility index (Phi) is 5.81. The van der Waals surface area contributed by atoms with Crippen LogP contribution < -0.4 is 10.1 Å². The molecule has 0 spiro atoms. The van der Waals surface area contributed by atoms with E-state index in [0.717, 1.165) is 17.0 Å². The van der Waals surface area contributed by atoms with Crippen molar-refractivity contribution in [2.45, 2.75) is 46.3 Å². The molecule has 0 bridgehead atoms. The number of nitrogens with one attached hydrogen (secondary N) is 1. The van der Waals surface area contributed by atoms with Crippen LogP contribution in [-0.4, -0.2) is 45.4 Å². The first kappa shape index (κ1) is 20.7. The second-order valence-electron chi connectivity index (χ2n) is 7.96. The number of aryl methyl sites for hydroxylation is 1. The van der Waals surface area contributed by atoms with E-state index in [4.69, 9.17) is 9.47 Å². The molecule has 0 aliphatic carbocycles. The van der Waals surface area contributed by atoms with Crippen LogP contribution in [-0.2, 0) is 24.8 Å². The van der Waals surface area contributed by atoms with Gasteiger partial charge < -0.3 is 19.7 Å². The van der Waals surface area contributed by atoms with Crippen LogP contribution in [0.3, 0.4) is 0 Å². The number of nitrogens with zero attached hydrogens (tertiary/aromatic N) is 3. The van der Waals surface area contributed by atoms with E-state index in [1.165, 1.54) is 0 Å². The largest absolute Gasteiger partial charge is 0.494 e. The lowest BCUT2D eigenvalue weighted by molar-refractivity contribution is 0.0222. The van der Waals surface area contributed by atoms with Crippen LogP contribution in [0.25, 0.3) is 0 Å². The molecular weight excluding hydrogens is 372 g/mol. The first-order chi connectivity index (χ1) is 13.7. The van der Waals surface area contributed by atoms with Crippen LogP contribution in [0.4, 0.5) is 10.5 Å². The molecule has 0 atom stereocenters. The van der Waals surface area contributed by atoms with E-state index in [9.17, 15) is 9.59 Å². The lowest BCUT2D eigenvalue weighted by Gasteiger charge is -2.29. The van der Waals surface area contributed by atoms with Gasteiger partial charge in [-0.05, 0) is 52.0 Å². The van der Waals surface area contributed by atoms with Crippen molar-refractivity contribution in [1.29, 1.82) is 0 Å². The van der Waals surface area contributed by atoms with E-state index in [1.54, 1.807) is 28.8 Å². The molecule has 29 heavy (non-hydrogen) atoms. The van der Waals surface area contributed by atoms with Gasteiger partial charge in [0.1, 0.15) is 17.0 Å². The van der Waals surface area contributed by atoms with Crippen LogP contribution in [0.5, 0.6) is 5.75 Å². The van der Waals surface area contributed by atoms with Crippen LogP contribution in [0.1, 0.15) is 49.4 Å². The number of aromatic nitrogens is 2. The van der Waals surface area contributed by atoms with Gasteiger partial charge in [-0.25, -0.2) is 4.79 Å². The average Bonchev–Trinajstić information content (AvgIpc) is 2.97. The van der Waals surface area contributed by atoms with Gasteiger partial charge in [0, 0.05) is 31.3 Å². The molecule has 1 aliphatic rings. The zero-order chi connectivity index (χ0) is 21.2. The summed E-state index contributed by atoms with van der Waals surface area (Å²) in [6, 6.07) is 7.20. The molecule has 0 fully saturated rings. The van der Waals surface area contributed by atoms with Crippen molar-refractivity contribution >= 4 is 17.7 Å². The SMILES string of the molecule is CCOc1ccc(NC(=O)c2c3c(nn2C)CCN(C(=O)OC(C)(C)C)C3)cc1. The van der Waals surface area contributed by atoms with Gasteiger partial charge in [0.2, 0.25) is 0 Å². The summed E-state index contributed by atoms with van der Waals surface area (Å²) in [7, 11) is 1.74. The highest BCUT2D eigenvalue weighted by atomic mass is 16.6. The lowest BCUT2D eigenvalue weighted by atomic mass is 10.1. The monoisotopic (exact) mass is 400 g/mol. The molecule has 0 saturated carbocycles. The van der Waals surface area contributed by atoms with Crippen molar-refractivity contribution in [1.82, 2.24) is 14.7 Å². The molecule has 1 aromatic heterocycles. The molecule has 0 radical (unpaired) electrons. The number of rotatable bonds is 4. The maximum atomic E-state index is 12.9. The fourth-order valence-corrected chi connectivity index (χ4v) is 3.26. The van der Waals surface area contributed by atoms with Crippen molar-refractivity contribution in [3.63, 3.8) is 0 Å². The number of carbonyl (C=O) groups excluding carboxylic acids is 2. The molecule has 2 aromatic rings. The van der Waals surface area contributed by atoms with Crippen molar-refractivity contribution in [3.8, 4) is 5.75 Å². The second kappa shape index (κ2) is 8.14. The standard InChI is InChI=1S/C21H28N4O4/c1-6-28-15-9-7-14(8-10-15)22-19(26)18-16-13-25(20(27)29-21(2,3)4)12-11-17(16)23-24(18)5/h7-10H,6,11-13H2,1-5H3,(H,22,26). The van der Waals surface area contributed by atoms with E-state index in [1.807, 2.05) is 39.8 Å². The van der Waals surface area contributed by atoms with Gasteiger partial charge >= 0.3 is 6.09 Å². The summed E-state index contributed by atoms with van der Waals surface area (Å²) in [6.45, 7) is 8.81. The van der Waals surface area contributed by atoms with Gasteiger partial charge in [-0.1, -0.05) is 0 Å². The van der Waals surface area contributed by atoms with E-state index in [2.05, 4.69) is 10.4 Å². The Morgan fingerprint density at radius 2 is 1.90 bits per heavy atom. The Labute approximate surface area is 170 Å². The summed E-state index contributed by atoms with van der Waals surface area (Å²) in [5, 5.41) is 7.37. The minimum absolute atomic E-state index is 0.267. The normalized spacial score (nSPS) is 13.6. The first-order valence-corrected chi connectivity index (χ1v) is 9.75. The van der Waals surface area contributed by atoms with Crippen LogP contribution in [0.2, 0.25) is 0 Å². The zero-order valence-corrected chi connectivity index (χ0v) is 17.6. The number of hydrogen-bond acceptors (Lipinski definition) is 5. The number of anilines is 1. The molecule has 0 unspecified atom stereocenters. The third-order valence-electron chi connectivity index (χ3n) is 4.49. The summed E-state index contributed by atoms with van der Waals surface area (Å²) in [4.78, 5) is 27.0. The van der Waals surface area contributed by atoms with E-state index >= 15 is 0 Å². The van der Waals surface area contributed by atoms with Crippen molar-refractivity contribution in [3.05, 3.63) is 41.2 Å². The average molecular weight is 400 g/mol. The van der Waals surface area contributed by atoms with Crippen LogP contribution in [0, 0.1) is 0 Å². The van der Waals surface area contributed by atoms with Crippen LogP contribution in [0.15, 0.2) is 24.3 Å². The summed E-state index contributed by atoms with van der Waals surface area (Å²) in [5.41, 5.74) is 2.13. The molecule has 1 aromatic carbocycles. The summed E-state index contributed by atoms with van der Waals surface area (Å²) in [6.07, 6.45) is 0.198. The highest BCUT2D eigenvalue weighted by Gasteiger charge is 2.31. The Morgan fingerprint density at radius 1 is 1.21 bits per heavy atom. The highest BCUT2D eigenvalue weighted by Crippen LogP contribution is 2.25. The maximum Gasteiger partial charge on any atom is 0.410 e. The topological polar surface area (TPSA) is 85.7 Å². The van der Waals surface area contributed by atoms with Gasteiger partial charge in [-0.3, -0.25) is 9.48 Å². The number of benzene rings is 1. The Morgan fingerprint density at radius 3 is 2.52 bits per heavy atom. The Bertz CT molecular complexity index is 897. The van der Waals surface area contributed by atoms with Crippen LogP contribution >= 0.6 is 0 Å². The predicted molar refractivity (Wildman–Crippen MR) is 109 cm³/mol.